The number of fused-ring (bicyclic) bond motifs is 1. The molecule has 1 saturated carbocycles. The molecule has 3 saturated heterocycles. The number of carbonyl (C=O) groups is 2. The largest absolute Gasteiger partial charge is 0.458 e. The van der Waals surface area contributed by atoms with Gasteiger partial charge < -0.3 is 19.3 Å². The third-order valence-electron chi connectivity index (χ3n) is 7.50. The summed E-state index contributed by atoms with van der Waals surface area (Å²) in [6.45, 7) is 10.9. The molecule has 0 aromatic carbocycles. The molecule has 5 aliphatic rings. The van der Waals surface area contributed by atoms with Crippen LogP contribution in [0.2, 0.25) is 0 Å². The van der Waals surface area contributed by atoms with Gasteiger partial charge in [0.05, 0.1) is 17.4 Å². The first-order chi connectivity index (χ1) is 13.0. The Balaban J connectivity index is 1.63. The quantitative estimate of drug-likeness (QED) is 0.246. The van der Waals surface area contributed by atoms with Crippen molar-refractivity contribution in [2.75, 3.05) is 0 Å². The number of ether oxygens (including phenoxy) is 3. The lowest BCUT2D eigenvalue weighted by Gasteiger charge is -2.64. The van der Waals surface area contributed by atoms with Gasteiger partial charge in [0.25, 0.3) is 0 Å². The fraction of sp³-hybridized carbons (Fsp3) is 0.700. The fourth-order valence-electron chi connectivity index (χ4n) is 5.54. The Morgan fingerprint density at radius 1 is 1.32 bits per heavy atom. The van der Waals surface area contributed by atoms with Crippen LogP contribution in [0.5, 0.6) is 0 Å². The molecule has 0 aromatic heterocycles. The molecule has 1 N–H and O–H groups in total. The second-order valence-electron chi connectivity index (χ2n) is 9.16. The Hall–Kier alpha value is -1.74. The molecule has 152 valence electrons. The monoisotopic (exact) mass is 392 g/mol. The third kappa shape index (κ3) is 1.89. The summed E-state index contributed by atoms with van der Waals surface area (Å²) in [5, 5.41) is 11.7. The van der Waals surface area contributed by atoms with Gasteiger partial charge in [-0.05, 0) is 27.2 Å². The van der Waals surface area contributed by atoms with E-state index in [4.69, 9.17) is 24.0 Å². The highest BCUT2D eigenvalue weighted by atomic mass is 17.2. The number of aliphatic hydroxyl groups is 1. The molecule has 2 aliphatic carbocycles. The van der Waals surface area contributed by atoms with Crippen molar-refractivity contribution in [2.45, 2.75) is 69.4 Å². The Kier molecular flexibility index (Phi) is 3.30. The molecule has 3 heterocycles. The van der Waals surface area contributed by atoms with Crippen LogP contribution in [0.4, 0.5) is 0 Å². The predicted molar refractivity (Wildman–Crippen MR) is 92.2 cm³/mol. The maximum atomic E-state index is 12.8. The molecular formula is C20H24O8. The molecular weight excluding hydrogens is 368 g/mol. The summed E-state index contributed by atoms with van der Waals surface area (Å²) in [4.78, 5) is 36.4. The molecule has 0 amide bonds. The molecule has 4 fully saturated rings. The van der Waals surface area contributed by atoms with Gasteiger partial charge in [0, 0.05) is 11.5 Å². The van der Waals surface area contributed by atoms with Gasteiger partial charge in [0.2, 0.25) is 5.79 Å². The molecule has 0 spiro atoms. The van der Waals surface area contributed by atoms with Crippen LogP contribution in [0.1, 0.15) is 34.1 Å². The maximum Gasteiger partial charge on any atom is 0.341 e. The lowest BCUT2D eigenvalue weighted by atomic mass is 9.50. The molecule has 8 heteroatoms. The third-order valence-corrected chi connectivity index (χ3v) is 7.50. The summed E-state index contributed by atoms with van der Waals surface area (Å²) in [6.07, 6.45) is 2.07. The molecule has 0 aromatic rings. The van der Waals surface area contributed by atoms with Crippen LogP contribution in [0.25, 0.3) is 0 Å². The average Bonchev–Trinajstić information content (AvgIpc) is 3.14. The van der Waals surface area contributed by atoms with Crippen LogP contribution >= 0.6 is 0 Å². The van der Waals surface area contributed by atoms with Crippen molar-refractivity contribution in [3.63, 3.8) is 0 Å². The number of esters is 2. The molecule has 5 rings (SSSR count). The Bertz CT molecular complexity index is 836. The molecule has 9 atom stereocenters. The minimum absolute atomic E-state index is 0.153. The zero-order chi connectivity index (χ0) is 20.3. The first-order valence-corrected chi connectivity index (χ1v) is 9.53. The van der Waals surface area contributed by atoms with Gasteiger partial charge in [-0.3, -0.25) is 0 Å². The minimum Gasteiger partial charge on any atom is -0.458 e. The van der Waals surface area contributed by atoms with E-state index in [0.717, 1.165) is 0 Å². The van der Waals surface area contributed by atoms with E-state index in [1.165, 1.54) is 0 Å². The Morgan fingerprint density at radius 3 is 2.64 bits per heavy atom. The van der Waals surface area contributed by atoms with Gasteiger partial charge >= 0.3 is 11.9 Å². The first kappa shape index (κ1) is 18.3. The molecule has 0 radical (unpaired) electrons. The van der Waals surface area contributed by atoms with Crippen molar-refractivity contribution in [2.24, 2.45) is 17.3 Å². The predicted octanol–water partition coefficient (Wildman–Crippen LogP) is 1.18. The second-order valence-corrected chi connectivity index (χ2v) is 9.16. The van der Waals surface area contributed by atoms with E-state index in [1.807, 2.05) is 19.1 Å². The molecule has 8 nitrogen and oxygen atoms in total. The highest BCUT2D eigenvalue weighted by molar-refractivity contribution is 5.91. The summed E-state index contributed by atoms with van der Waals surface area (Å²) < 4.78 is 16.8. The number of epoxide rings is 1. The summed E-state index contributed by atoms with van der Waals surface area (Å²) >= 11 is 0. The lowest BCUT2D eigenvalue weighted by Crippen LogP contribution is -2.77. The van der Waals surface area contributed by atoms with Crippen molar-refractivity contribution in [1.82, 2.24) is 0 Å². The van der Waals surface area contributed by atoms with Crippen LogP contribution in [0.15, 0.2) is 24.3 Å². The van der Waals surface area contributed by atoms with Gasteiger partial charge in [-0.1, -0.05) is 25.7 Å². The lowest BCUT2D eigenvalue weighted by molar-refractivity contribution is -0.554. The summed E-state index contributed by atoms with van der Waals surface area (Å²) in [7, 11) is 0. The molecule has 0 unspecified atom stereocenters. The molecule has 3 aliphatic heterocycles. The van der Waals surface area contributed by atoms with E-state index in [2.05, 4.69) is 6.58 Å². The number of hydrogen-bond donors (Lipinski definition) is 1. The Morgan fingerprint density at radius 2 is 2.00 bits per heavy atom. The highest BCUT2D eigenvalue weighted by Crippen LogP contribution is 2.65. The van der Waals surface area contributed by atoms with Crippen molar-refractivity contribution < 1.29 is 38.7 Å². The number of carbonyl (C=O) groups excluding carboxylic acids is 2. The van der Waals surface area contributed by atoms with Crippen molar-refractivity contribution in [3.05, 3.63) is 24.3 Å². The topological polar surface area (TPSA) is 104 Å². The summed E-state index contributed by atoms with van der Waals surface area (Å²) in [6, 6.07) is 0. The maximum absolute atomic E-state index is 12.8. The van der Waals surface area contributed by atoms with Gasteiger partial charge in [-0.15, -0.1) is 0 Å². The summed E-state index contributed by atoms with van der Waals surface area (Å²) in [5.41, 5.74) is -2.76. The van der Waals surface area contributed by atoms with Gasteiger partial charge in [-0.2, -0.15) is 4.89 Å². The van der Waals surface area contributed by atoms with Crippen LogP contribution in [0.3, 0.4) is 0 Å². The van der Waals surface area contributed by atoms with Gasteiger partial charge in [0.1, 0.15) is 11.7 Å². The van der Waals surface area contributed by atoms with Gasteiger partial charge in [0.15, 0.2) is 11.7 Å². The normalized spacial score (nSPS) is 56.1. The van der Waals surface area contributed by atoms with Crippen molar-refractivity contribution in [3.8, 4) is 0 Å². The fourth-order valence-corrected chi connectivity index (χ4v) is 5.54. The number of hydrogen-bond acceptors (Lipinski definition) is 8. The average molecular weight is 392 g/mol. The SMILES string of the molecule is C=C1C(=O)O[C@@H]2[C@H]1[C@@H](OC(=O)[C@@]1(C)O[C@H]1C)[C@]1(O)OO[C@@]3(C)CC=C[C@@]1(C)[C@H]23. The first-order valence-electron chi connectivity index (χ1n) is 9.53. The summed E-state index contributed by atoms with van der Waals surface area (Å²) in [5.74, 6) is -4.37. The zero-order valence-corrected chi connectivity index (χ0v) is 16.3. The van der Waals surface area contributed by atoms with E-state index in [-0.39, 0.29) is 11.7 Å². The van der Waals surface area contributed by atoms with Crippen molar-refractivity contribution >= 4 is 11.9 Å². The van der Waals surface area contributed by atoms with Crippen LogP contribution in [-0.2, 0) is 33.6 Å². The molecule has 28 heavy (non-hydrogen) atoms. The van der Waals surface area contributed by atoms with E-state index < -0.39 is 58.4 Å². The minimum atomic E-state index is -2.02. The smallest absolute Gasteiger partial charge is 0.341 e. The zero-order valence-electron chi connectivity index (χ0n) is 16.3. The van der Waals surface area contributed by atoms with Gasteiger partial charge in [-0.25, -0.2) is 14.5 Å². The van der Waals surface area contributed by atoms with E-state index in [0.29, 0.717) is 6.42 Å². The second kappa shape index (κ2) is 5.05. The van der Waals surface area contributed by atoms with Crippen LogP contribution in [-0.4, -0.2) is 52.3 Å². The standard InChI is InChI=1S/C20H24O8/c1-9-11-12(24-15(9)21)13-17(3)7-6-8-18(13,4)27-28-20(17,23)14(11)25-16(22)19(5)10(2)26-19/h6-7,10-14,23H,1,8H2,2-5H3/t10-,11-,12+,13-,14+,17-,18-,19-,20-/m0/s1. The number of rotatable bonds is 2. The van der Waals surface area contributed by atoms with Crippen LogP contribution in [0, 0.1) is 17.3 Å². The highest BCUT2D eigenvalue weighted by Gasteiger charge is 2.78. The Labute approximate surface area is 162 Å². The molecule has 4 bridgehead atoms. The van der Waals surface area contributed by atoms with Crippen molar-refractivity contribution in [1.29, 1.82) is 0 Å². The van der Waals surface area contributed by atoms with E-state index in [1.54, 1.807) is 20.8 Å². The van der Waals surface area contributed by atoms with Crippen LogP contribution < -0.4 is 0 Å². The van der Waals surface area contributed by atoms with E-state index >= 15 is 0 Å². The van der Waals surface area contributed by atoms with E-state index in [9.17, 15) is 14.7 Å².